The van der Waals surface area contributed by atoms with Crippen molar-refractivity contribution < 1.29 is 18.0 Å². The zero-order valence-corrected chi connectivity index (χ0v) is 15.3. The van der Waals surface area contributed by atoms with E-state index in [9.17, 15) is 18.0 Å². The van der Waals surface area contributed by atoms with Crippen molar-refractivity contribution in [1.29, 1.82) is 0 Å². The van der Waals surface area contributed by atoms with Crippen LogP contribution >= 0.6 is 11.8 Å². The number of para-hydroxylation sites is 1. The van der Waals surface area contributed by atoms with E-state index in [0.717, 1.165) is 17.3 Å². The molecule has 0 bridgehead atoms. The van der Waals surface area contributed by atoms with Crippen LogP contribution in [-0.2, 0) is 17.5 Å². The molecule has 3 rings (SSSR count). The third-order valence-electron chi connectivity index (χ3n) is 3.80. The average Bonchev–Trinajstić information content (AvgIpc) is 3.06. The van der Waals surface area contributed by atoms with Gasteiger partial charge in [0.05, 0.1) is 12.3 Å². The first kappa shape index (κ1) is 19.7. The molecule has 0 aliphatic carbocycles. The second-order valence-electron chi connectivity index (χ2n) is 5.76. The fourth-order valence-corrected chi connectivity index (χ4v) is 3.20. The fourth-order valence-electron chi connectivity index (χ4n) is 2.47. The molecule has 0 spiro atoms. The lowest BCUT2D eigenvalue weighted by atomic mass is 10.2. The molecule has 6 nitrogen and oxygen atoms in total. The third-order valence-corrected chi connectivity index (χ3v) is 4.72. The molecule has 0 atom stereocenters. The molecule has 0 saturated carbocycles. The normalized spacial score (nSPS) is 11.4. The van der Waals surface area contributed by atoms with Gasteiger partial charge in [0, 0.05) is 5.69 Å². The summed E-state index contributed by atoms with van der Waals surface area (Å²) in [7, 11) is 0. The predicted molar refractivity (Wildman–Crippen MR) is 100.0 cm³/mol. The molecular formula is C18H16F3N5OS. The molecule has 0 fully saturated rings. The largest absolute Gasteiger partial charge is 0.453 e. The number of nitrogens with zero attached hydrogens (tertiary/aromatic N) is 4. The summed E-state index contributed by atoms with van der Waals surface area (Å²) in [6.07, 6.45) is -4.71. The number of halogens is 3. The molecule has 0 radical (unpaired) electrons. The number of thioether (sulfide) groups is 1. The number of nitrogen functional groups attached to an aromatic ring is 1. The van der Waals surface area contributed by atoms with E-state index in [4.69, 9.17) is 5.84 Å². The van der Waals surface area contributed by atoms with Crippen molar-refractivity contribution in [2.75, 3.05) is 16.5 Å². The number of benzene rings is 2. The van der Waals surface area contributed by atoms with Crippen LogP contribution in [0.3, 0.4) is 0 Å². The molecule has 0 unspecified atom stereocenters. The number of aromatic nitrogens is 3. The summed E-state index contributed by atoms with van der Waals surface area (Å²) in [5.41, 5.74) is 1.60. The van der Waals surface area contributed by atoms with E-state index in [1.54, 1.807) is 29.2 Å². The molecule has 0 saturated heterocycles. The summed E-state index contributed by atoms with van der Waals surface area (Å²) < 4.78 is 38.6. The molecule has 1 heterocycles. The van der Waals surface area contributed by atoms with E-state index < -0.39 is 12.0 Å². The van der Waals surface area contributed by atoms with Crippen LogP contribution in [0.5, 0.6) is 0 Å². The molecule has 10 heteroatoms. The van der Waals surface area contributed by atoms with Crippen LogP contribution in [0, 0.1) is 0 Å². The van der Waals surface area contributed by atoms with Crippen molar-refractivity contribution in [3.63, 3.8) is 0 Å². The Hall–Kier alpha value is -3.01. The maximum absolute atomic E-state index is 12.8. The van der Waals surface area contributed by atoms with E-state index in [0.29, 0.717) is 16.9 Å². The molecule has 146 valence electrons. The highest BCUT2D eigenvalue weighted by Gasteiger charge is 2.38. The summed E-state index contributed by atoms with van der Waals surface area (Å²) in [6.45, 7) is 0.327. The molecule has 28 heavy (non-hydrogen) atoms. The topological polar surface area (TPSA) is 77.0 Å². The average molecular weight is 407 g/mol. The smallest absolute Gasteiger partial charge is 0.335 e. The zero-order valence-electron chi connectivity index (χ0n) is 14.5. The number of alkyl halides is 3. The van der Waals surface area contributed by atoms with Crippen LogP contribution in [0.15, 0.2) is 65.8 Å². The molecule has 1 amide bonds. The maximum atomic E-state index is 12.8. The monoisotopic (exact) mass is 407 g/mol. The third kappa shape index (κ3) is 4.63. The van der Waals surface area contributed by atoms with Gasteiger partial charge >= 0.3 is 6.18 Å². The number of rotatable bonds is 6. The number of hydrogen-bond donors (Lipinski definition) is 1. The summed E-state index contributed by atoms with van der Waals surface area (Å²) >= 11 is 0.799. The van der Waals surface area contributed by atoms with Gasteiger partial charge in [-0.1, -0.05) is 60.3 Å². The number of carbonyl (C=O) groups excluding carboxylic acids is 1. The van der Waals surface area contributed by atoms with Crippen molar-refractivity contribution in [2.45, 2.75) is 17.9 Å². The fraction of sp³-hybridized carbons (Fsp3) is 0.167. The van der Waals surface area contributed by atoms with Crippen molar-refractivity contribution in [3.8, 4) is 0 Å². The maximum Gasteiger partial charge on any atom is 0.453 e. The predicted octanol–water partition coefficient (Wildman–Crippen LogP) is 3.34. The van der Waals surface area contributed by atoms with E-state index in [-0.39, 0.29) is 16.8 Å². The summed E-state index contributed by atoms with van der Waals surface area (Å²) in [5, 5.41) is 6.30. The highest BCUT2D eigenvalue weighted by atomic mass is 32.2. The first-order valence-corrected chi connectivity index (χ1v) is 9.14. The number of anilines is 1. The standard InChI is InChI=1S/C18H16F3N5OS/c19-18(20,21)16-23-24-17(26(16)22)28-12-15(27)25(14-9-5-2-6-10-14)11-13-7-3-1-4-8-13/h1-10H,11-12,22H2. The molecule has 2 aromatic carbocycles. The van der Waals surface area contributed by atoms with Crippen LogP contribution < -0.4 is 10.7 Å². The Kier molecular flexibility index (Phi) is 5.88. The summed E-state index contributed by atoms with van der Waals surface area (Å²) in [6, 6.07) is 18.4. The van der Waals surface area contributed by atoms with Gasteiger partial charge in [-0.15, -0.1) is 10.2 Å². The Morgan fingerprint density at radius 2 is 1.64 bits per heavy atom. The van der Waals surface area contributed by atoms with Gasteiger partial charge in [0.25, 0.3) is 5.82 Å². The van der Waals surface area contributed by atoms with E-state index >= 15 is 0 Å². The lowest BCUT2D eigenvalue weighted by Gasteiger charge is -2.23. The van der Waals surface area contributed by atoms with E-state index in [1.807, 2.05) is 36.4 Å². The summed E-state index contributed by atoms with van der Waals surface area (Å²) in [5.74, 6) is 3.66. The van der Waals surface area contributed by atoms with Gasteiger partial charge in [-0.3, -0.25) is 4.79 Å². The van der Waals surface area contributed by atoms with Crippen LogP contribution in [-0.4, -0.2) is 26.5 Å². The number of amides is 1. The van der Waals surface area contributed by atoms with Gasteiger partial charge in [0.15, 0.2) is 0 Å². The Morgan fingerprint density at radius 1 is 1.04 bits per heavy atom. The van der Waals surface area contributed by atoms with Gasteiger partial charge < -0.3 is 10.7 Å². The Labute approximate surface area is 163 Å². The number of hydrogen-bond acceptors (Lipinski definition) is 5. The zero-order chi connectivity index (χ0) is 20.1. The highest BCUT2D eigenvalue weighted by molar-refractivity contribution is 7.99. The van der Waals surface area contributed by atoms with Gasteiger partial charge in [-0.2, -0.15) is 13.2 Å². The Morgan fingerprint density at radius 3 is 2.21 bits per heavy atom. The van der Waals surface area contributed by atoms with Gasteiger partial charge in [-0.05, 0) is 17.7 Å². The first-order chi connectivity index (χ1) is 13.4. The Balaban J connectivity index is 1.76. The minimum Gasteiger partial charge on any atom is -0.335 e. The molecule has 0 aliphatic rings. The van der Waals surface area contributed by atoms with Crippen molar-refractivity contribution in [2.24, 2.45) is 0 Å². The molecular weight excluding hydrogens is 391 g/mol. The van der Waals surface area contributed by atoms with Crippen LogP contribution in [0.2, 0.25) is 0 Å². The summed E-state index contributed by atoms with van der Waals surface area (Å²) in [4.78, 5) is 14.4. The number of carbonyl (C=O) groups is 1. The van der Waals surface area contributed by atoms with Crippen LogP contribution in [0.1, 0.15) is 11.4 Å². The Bertz CT molecular complexity index is 931. The second kappa shape index (κ2) is 8.34. The van der Waals surface area contributed by atoms with Crippen LogP contribution in [0.4, 0.5) is 18.9 Å². The molecule has 2 N–H and O–H groups in total. The van der Waals surface area contributed by atoms with E-state index in [1.165, 1.54) is 0 Å². The van der Waals surface area contributed by atoms with Crippen molar-refractivity contribution >= 4 is 23.4 Å². The lowest BCUT2D eigenvalue weighted by Crippen LogP contribution is -2.32. The molecule has 0 aliphatic heterocycles. The quantitative estimate of drug-likeness (QED) is 0.501. The minimum atomic E-state index is -4.71. The van der Waals surface area contributed by atoms with Gasteiger partial charge in [-0.25, -0.2) is 4.68 Å². The van der Waals surface area contributed by atoms with Crippen molar-refractivity contribution in [3.05, 3.63) is 72.1 Å². The van der Waals surface area contributed by atoms with Crippen LogP contribution in [0.25, 0.3) is 0 Å². The van der Waals surface area contributed by atoms with Gasteiger partial charge in [0.1, 0.15) is 0 Å². The molecule has 3 aromatic rings. The minimum absolute atomic E-state index is 0.144. The lowest BCUT2D eigenvalue weighted by molar-refractivity contribution is -0.146. The highest BCUT2D eigenvalue weighted by Crippen LogP contribution is 2.29. The number of nitrogens with two attached hydrogens (primary N) is 1. The first-order valence-electron chi connectivity index (χ1n) is 8.16. The van der Waals surface area contributed by atoms with Gasteiger partial charge in [0.2, 0.25) is 11.1 Å². The van der Waals surface area contributed by atoms with E-state index in [2.05, 4.69) is 10.2 Å². The second-order valence-corrected chi connectivity index (χ2v) is 6.71. The molecule has 1 aromatic heterocycles. The van der Waals surface area contributed by atoms with Crippen molar-refractivity contribution in [1.82, 2.24) is 14.9 Å². The SMILES string of the molecule is Nn1c(SCC(=O)N(Cc2ccccc2)c2ccccc2)nnc1C(F)(F)F.